The van der Waals surface area contributed by atoms with Gasteiger partial charge in [-0.1, -0.05) is 49.8 Å². The predicted molar refractivity (Wildman–Crippen MR) is 85.8 cm³/mol. The molecule has 21 heavy (non-hydrogen) atoms. The zero-order chi connectivity index (χ0) is 15.2. The molecule has 0 aromatic heterocycles. The molecule has 2 heteroatoms. The monoisotopic (exact) mass is 283 g/mol. The summed E-state index contributed by atoms with van der Waals surface area (Å²) < 4.78 is 0. The van der Waals surface area contributed by atoms with Crippen molar-refractivity contribution in [3.05, 3.63) is 47.0 Å². The maximum absolute atomic E-state index is 12.6. The van der Waals surface area contributed by atoms with Gasteiger partial charge >= 0.3 is 0 Å². The van der Waals surface area contributed by atoms with E-state index in [-0.39, 0.29) is 23.3 Å². The molecule has 2 aliphatic carbocycles. The fourth-order valence-electron chi connectivity index (χ4n) is 3.82. The number of aryl methyl sites for hydroxylation is 1. The van der Waals surface area contributed by atoms with Crippen molar-refractivity contribution in [1.82, 2.24) is 5.32 Å². The minimum Gasteiger partial charge on any atom is -0.349 e. The Kier molecular flexibility index (Phi) is 3.43. The number of amides is 1. The fraction of sp³-hybridized carbons (Fsp3) is 0.526. The number of fused-ring (bicyclic) bond motifs is 1. The van der Waals surface area contributed by atoms with Crippen molar-refractivity contribution in [1.29, 1.82) is 0 Å². The van der Waals surface area contributed by atoms with Crippen LogP contribution >= 0.6 is 0 Å². The Morgan fingerprint density at radius 1 is 1.29 bits per heavy atom. The number of carbonyl (C=O) groups excluding carboxylic acids is 1. The second-order valence-electron chi connectivity index (χ2n) is 7.37. The largest absolute Gasteiger partial charge is 0.349 e. The van der Waals surface area contributed by atoms with Crippen molar-refractivity contribution < 1.29 is 4.79 Å². The summed E-state index contributed by atoms with van der Waals surface area (Å²) in [6.45, 7) is 8.61. The molecule has 0 spiro atoms. The number of benzene rings is 1. The van der Waals surface area contributed by atoms with Gasteiger partial charge in [-0.05, 0) is 49.1 Å². The van der Waals surface area contributed by atoms with Gasteiger partial charge < -0.3 is 5.32 Å². The Balaban J connectivity index is 1.70. The van der Waals surface area contributed by atoms with E-state index >= 15 is 0 Å². The Morgan fingerprint density at radius 3 is 2.71 bits per heavy atom. The summed E-state index contributed by atoms with van der Waals surface area (Å²) in [6.07, 6.45) is 4.37. The lowest BCUT2D eigenvalue weighted by Crippen LogP contribution is -2.30. The average molecular weight is 283 g/mol. The van der Waals surface area contributed by atoms with Gasteiger partial charge in [-0.25, -0.2) is 0 Å². The van der Waals surface area contributed by atoms with Crippen LogP contribution in [-0.2, 0) is 11.2 Å². The lowest BCUT2D eigenvalue weighted by Gasteiger charge is -2.14. The smallest absolute Gasteiger partial charge is 0.224 e. The lowest BCUT2D eigenvalue weighted by atomic mass is 10.1. The van der Waals surface area contributed by atoms with E-state index in [1.165, 1.54) is 16.7 Å². The molecule has 0 bridgehead atoms. The number of hydrogen-bond donors (Lipinski definition) is 1. The van der Waals surface area contributed by atoms with Gasteiger partial charge in [0, 0.05) is 0 Å². The van der Waals surface area contributed by atoms with E-state index in [1.807, 2.05) is 0 Å². The Morgan fingerprint density at radius 2 is 2.00 bits per heavy atom. The standard InChI is InChI=1S/C19H25NO/c1-12(2)11-15-17(19(15,3)4)18(21)20-16-10-9-13-7-5-6-8-14(13)16/h5-8,11,15-17H,9-10H2,1-4H3,(H,20,21). The van der Waals surface area contributed by atoms with Crippen molar-refractivity contribution in [3.8, 4) is 0 Å². The summed E-state index contributed by atoms with van der Waals surface area (Å²) in [5.74, 6) is 0.739. The van der Waals surface area contributed by atoms with Crippen LogP contribution in [0.3, 0.4) is 0 Å². The topological polar surface area (TPSA) is 29.1 Å². The van der Waals surface area contributed by atoms with Gasteiger partial charge in [-0.2, -0.15) is 0 Å². The van der Waals surface area contributed by atoms with E-state index < -0.39 is 0 Å². The van der Waals surface area contributed by atoms with Crippen LogP contribution in [0.2, 0.25) is 0 Å². The summed E-state index contributed by atoms with van der Waals surface area (Å²) in [5, 5.41) is 3.29. The molecule has 1 amide bonds. The summed E-state index contributed by atoms with van der Waals surface area (Å²) in [5.41, 5.74) is 4.09. The third-order valence-electron chi connectivity index (χ3n) is 5.16. The number of allylic oxidation sites excluding steroid dienone is 2. The minimum atomic E-state index is 0.0967. The lowest BCUT2D eigenvalue weighted by molar-refractivity contribution is -0.123. The molecule has 2 aliphatic rings. The quantitative estimate of drug-likeness (QED) is 0.834. The first-order chi connectivity index (χ1) is 9.91. The van der Waals surface area contributed by atoms with Crippen LogP contribution < -0.4 is 5.32 Å². The highest BCUT2D eigenvalue weighted by Crippen LogP contribution is 2.59. The number of carbonyl (C=O) groups is 1. The van der Waals surface area contributed by atoms with Crippen molar-refractivity contribution in [2.45, 2.75) is 46.6 Å². The van der Waals surface area contributed by atoms with Crippen molar-refractivity contribution in [3.63, 3.8) is 0 Å². The molecule has 1 fully saturated rings. The normalized spacial score (nSPS) is 28.7. The molecule has 1 saturated carbocycles. The average Bonchev–Trinajstić information content (AvgIpc) is 2.78. The summed E-state index contributed by atoms with van der Waals surface area (Å²) in [6, 6.07) is 8.68. The maximum atomic E-state index is 12.6. The van der Waals surface area contributed by atoms with Gasteiger partial charge in [0.1, 0.15) is 0 Å². The maximum Gasteiger partial charge on any atom is 0.224 e. The molecular weight excluding hydrogens is 258 g/mol. The predicted octanol–water partition coefficient (Wildman–Crippen LogP) is 4.03. The van der Waals surface area contributed by atoms with E-state index in [1.54, 1.807) is 0 Å². The Hall–Kier alpha value is -1.57. The van der Waals surface area contributed by atoms with Gasteiger partial charge in [0.25, 0.3) is 0 Å². The summed E-state index contributed by atoms with van der Waals surface area (Å²) in [7, 11) is 0. The van der Waals surface area contributed by atoms with E-state index in [0.717, 1.165) is 12.8 Å². The second kappa shape index (κ2) is 5.01. The van der Waals surface area contributed by atoms with Gasteiger partial charge in [0.15, 0.2) is 0 Å². The number of nitrogens with one attached hydrogen (secondary N) is 1. The van der Waals surface area contributed by atoms with Gasteiger partial charge in [0.05, 0.1) is 12.0 Å². The summed E-state index contributed by atoms with van der Waals surface area (Å²) >= 11 is 0. The molecule has 0 aliphatic heterocycles. The van der Waals surface area contributed by atoms with Crippen LogP contribution in [0, 0.1) is 17.3 Å². The molecule has 3 atom stereocenters. The molecule has 2 nitrogen and oxygen atoms in total. The SMILES string of the molecule is CC(C)=CC1C(C(=O)NC2CCc3ccccc32)C1(C)C. The zero-order valence-electron chi connectivity index (χ0n) is 13.4. The number of rotatable bonds is 3. The first-order valence-corrected chi connectivity index (χ1v) is 7.94. The number of hydrogen-bond acceptors (Lipinski definition) is 1. The molecule has 1 aromatic rings. The van der Waals surface area contributed by atoms with Crippen molar-refractivity contribution in [2.75, 3.05) is 0 Å². The second-order valence-corrected chi connectivity index (χ2v) is 7.37. The first kappa shape index (κ1) is 14.4. The highest BCUT2D eigenvalue weighted by atomic mass is 16.2. The van der Waals surface area contributed by atoms with Crippen LogP contribution in [0.1, 0.15) is 51.3 Å². The highest BCUT2D eigenvalue weighted by molar-refractivity contribution is 5.84. The van der Waals surface area contributed by atoms with Gasteiger partial charge in [-0.15, -0.1) is 0 Å². The third-order valence-corrected chi connectivity index (χ3v) is 5.16. The van der Waals surface area contributed by atoms with Crippen LogP contribution in [0.25, 0.3) is 0 Å². The van der Waals surface area contributed by atoms with Crippen molar-refractivity contribution >= 4 is 5.91 Å². The van der Waals surface area contributed by atoms with E-state index in [9.17, 15) is 4.79 Å². The highest BCUT2D eigenvalue weighted by Gasteiger charge is 2.60. The third kappa shape index (κ3) is 2.52. The molecule has 1 N–H and O–H groups in total. The Labute approximate surface area is 127 Å². The molecule has 0 radical (unpaired) electrons. The molecule has 3 unspecified atom stereocenters. The summed E-state index contributed by atoms with van der Waals surface area (Å²) in [4.78, 5) is 12.6. The van der Waals surface area contributed by atoms with Gasteiger partial charge in [0.2, 0.25) is 5.91 Å². The Bertz CT molecular complexity index is 595. The van der Waals surface area contributed by atoms with Crippen LogP contribution in [0.15, 0.2) is 35.9 Å². The molecular formula is C19H25NO. The van der Waals surface area contributed by atoms with Crippen LogP contribution in [-0.4, -0.2) is 5.91 Å². The first-order valence-electron chi connectivity index (χ1n) is 7.94. The zero-order valence-corrected chi connectivity index (χ0v) is 13.4. The van der Waals surface area contributed by atoms with Crippen LogP contribution in [0.5, 0.6) is 0 Å². The van der Waals surface area contributed by atoms with E-state index in [4.69, 9.17) is 0 Å². The van der Waals surface area contributed by atoms with Gasteiger partial charge in [-0.3, -0.25) is 4.79 Å². The molecule has 1 aromatic carbocycles. The van der Waals surface area contributed by atoms with E-state index in [0.29, 0.717) is 5.92 Å². The molecule has 0 heterocycles. The minimum absolute atomic E-state index is 0.0967. The molecule has 112 valence electrons. The van der Waals surface area contributed by atoms with E-state index in [2.05, 4.69) is 63.4 Å². The molecule has 3 rings (SSSR count). The fourth-order valence-corrected chi connectivity index (χ4v) is 3.82. The molecule has 0 saturated heterocycles. The van der Waals surface area contributed by atoms with Crippen LogP contribution in [0.4, 0.5) is 0 Å². The van der Waals surface area contributed by atoms with Crippen molar-refractivity contribution in [2.24, 2.45) is 17.3 Å².